The molecule has 2 atom stereocenters. The minimum atomic E-state index is -0.211. The van der Waals surface area contributed by atoms with Gasteiger partial charge in [0.05, 0.1) is 12.7 Å². The van der Waals surface area contributed by atoms with Crippen LogP contribution in [0.4, 0.5) is 0 Å². The van der Waals surface area contributed by atoms with Gasteiger partial charge in [-0.15, -0.1) is 0 Å². The monoisotopic (exact) mass is 272 g/mol. The van der Waals surface area contributed by atoms with Crippen LogP contribution in [0.5, 0.6) is 0 Å². The third-order valence-corrected chi connectivity index (χ3v) is 3.77. The summed E-state index contributed by atoms with van der Waals surface area (Å²) in [5.41, 5.74) is 0.252. The highest BCUT2D eigenvalue weighted by atomic mass is 16.5. The van der Waals surface area contributed by atoms with E-state index in [2.05, 4.69) is 31.1 Å². The normalized spacial score (nSPS) is 25.4. The van der Waals surface area contributed by atoms with Gasteiger partial charge in [-0.05, 0) is 39.3 Å². The van der Waals surface area contributed by atoms with Crippen LogP contribution in [-0.2, 0) is 4.74 Å². The van der Waals surface area contributed by atoms with Crippen molar-refractivity contribution in [3.8, 4) is 0 Å². The summed E-state index contributed by atoms with van der Waals surface area (Å²) >= 11 is 0. The highest BCUT2D eigenvalue weighted by Gasteiger charge is 2.35. The third kappa shape index (κ3) is 6.70. The Bertz CT molecular complexity index is 238. The van der Waals surface area contributed by atoms with Crippen LogP contribution in [0, 0.1) is 11.3 Å². The molecule has 0 aromatic rings. The average molecular weight is 272 g/mol. The van der Waals surface area contributed by atoms with E-state index in [1.165, 1.54) is 0 Å². The van der Waals surface area contributed by atoms with E-state index in [9.17, 15) is 5.11 Å². The van der Waals surface area contributed by atoms with Gasteiger partial charge in [-0.3, -0.25) is 0 Å². The summed E-state index contributed by atoms with van der Waals surface area (Å²) in [5, 5.41) is 12.9. The summed E-state index contributed by atoms with van der Waals surface area (Å²) in [7, 11) is 2.14. The molecule has 4 nitrogen and oxygen atoms in total. The fourth-order valence-corrected chi connectivity index (χ4v) is 2.65. The Morgan fingerprint density at radius 2 is 2.11 bits per heavy atom. The zero-order chi connectivity index (χ0) is 14.3. The molecule has 1 rings (SSSR count). The van der Waals surface area contributed by atoms with E-state index in [1.807, 2.05) is 6.92 Å². The Morgan fingerprint density at radius 3 is 2.63 bits per heavy atom. The van der Waals surface area contributed by atoms with Crippen molar-refractivity contribution in [1.29, 1.82) is 0 Å². The Morgan fingerprint density at radius 1 is 1.37 bits per heavy atom. The van der Waals surface area contributed by atoms with Crippen LogP contribution < -0.4 is 5.32 Å². The van der Waals surface area contributed by atoms with Gasteiger partial charge in [-0.25, -0.2) is 0 Å². The molecule has 1 aliphatic rings. The Hall–Kier alpha value is -0.160. The van der Waals surface area contributed by atoms with E-state index < -0.39 is 0 Å². The minimum absolute atomic E-state index is 0.211. The predicted molar refractivity (Wildman–Crippen MR) is 79.4 cm³/mol. The van der Waals surface area contributed by atoms with Gasteiger partial charge in [-0.2, -0.15) is 0 Å². The minimum Gasteiger partial charge on any atom is -0.393 e. The van der Waals surface area contributed by atoms with Crippen LogP contribution in [-0.4, -0.2) is 62.6 Å². The van der Waals surface area contributed by atoms with Crippen LogP contribution in [0.1, 0.15) is 33.6 Å². The molecule has 0 bridgehead atoms. The number of aliphatic hydroxyl groups is 1. The van der Waals surface area contributed by atoms with E-state index in [0.717, 1.165) is 52.2 Å². The first-order valence-corrected chi connectivity index (χ1v) is 7.59. The van der Waals surface area contributed by atoms with Crippen molar-refractivity contribution in [1.82, 2.24) is 10.2 Å². The average Bonchev–Trinajstić information content (AvgIpc) is 2.74. The molecule has 0 spiro atoms. The fraction of sp³-hybridized carbons (Fsp3) is 1.00. The second-order valence-electron chi connectivity index (χ2n) is 6.70. The van der Waals surface area contributed by atoms with E-state index in [4.69, 9.17) is 4.74 Å². The third-order valence-electron chi connectivity index (χ3n) is 3.77. The number of hydrogen-bond donors (Lipinski definition) is 2. The van der Waals surface area contributed by atoms with Crippen molar-refractivity contribution in [3.05, 3.63) is 0 Å². The molecule has 0 aromatic heterocycles. The lowest BCUT2D eigenvalue weighted by Gasteiger charge is -2.33. The number of hydrogen-bond acceptors (Lipinski definition) is 4. The van der Waals surface area contributed by atoms with E-state index >= 15 is 0 Å². The molecular formula is C15H32N2O2. The molecule has 0 aliphatic carbocycles. The van der Waals surface area contributed by atoms with Gasteiger partial charge < -0.3 is 20.1 Å². The standard InChI is InChI=1S/C15H32N2O2/c1-13(2)9-16-10-15(6-8-19-12-15)11-17(4)7-5-14(3)18/h13-14,16,18H,5-12H2,1-4H3. The summed E-state index contributed by atoms with van der Waals surface area (Å²) in [5.74, 6) is 0.687. The van der Waals surface area contributed by atoms with Crippen molar-refractivity contribution in [2.24, 2.45) is 11.3 Å². The van der Waals surface area contributed by atoms with Gasteiger partial charge in [0.15, 0.2) is 0 Å². The zero-order valence-electron chi connectivity index (χ0n) is 13.1. The van der Waals surface area contributed by atoms with Crippen molar-refractivity contribution < 1.29 is 9.84 Å². The van der Waals surface area contributed by atoms with Gasteiger partial charge in [0.2, 0.25) is 0 Å². The Labute approximate surface area is 118 Å². The lowest BCUT2D eigenvalue weighted by atomic mass is 9.86. The molecule has 1 heterocycles. The zero-order valence-corrected chi connectivity index (χ0v) is 13.1. The van der Waals surface area contributed by atoms with Gasteiger partial charge in [0.25, 0.3) is 0 Å². The molecule has 4 heteroatoms. The molecular weight excluding hydrogens is 240 g/mol. The molecule has 1 fully saturated rings. The fourth-order valence-electron chi connectivity index (χ4n) is 2.65. The van der Waals surface area contributed by atoms with E-state index in [1.54, 1.807) is 0 Å². The lowest BCUT2D eigenvalue weighted by molar-refractivity contribution is 0.107. The predicted octanol–water partition coefficient (Wildman–Crippen LogP) is 1.34. The van der Waals surface area contributed by atoms with Crippen molar-refractivity contribution in [3.63, 3.8) is 0 Å². The molecule has 0 radical (unpaired) electrons. The van der Waals surface area contributed by atoms with Gasteiger partial charge in [0.1, 0.15) is 0 Å². The van der Waals surface area contributed by atoms with Crippen LogP contribution >= 0.6 is 0 Å². The lowest BCUT2D eigenvalue weighted by Crippen LogP contribution is -2.44. The highest BCUT2D eigenvalue weighted by molar-refractivity contribution is 4.88. The van der Waals surface area contributed by atoms with Crippen molar-refractivity contribution in [2.45, 2.75) is 39.7 Å². The number of rotatable bonds is 9. The van der Waals surface area contributed by atoms with Crippen LogP contribution in [0.25, 0.3) is 0 Å². The first-order chi connectivity index (χ1) is 8.93. The molecule has 2 unspecified atom stereocenters. The SMILES string of the molecule is CC(C)CNCC1(CN(C)CCC(C)O)CCOC1. The maximum atomic E-state index is 9.37. The van der Waals surface area contributed by atoms with Crippen LogP contribution in [0.2, 0.25) is 0 Å². The Balaban J connectivity index is 2.38. The summed E-state index contributed by atoms with van der Waals surface area (Å²) in [6, 6.07) is 0. The molecule has 114 valence electrons. The summed E-state index contributed by atoms with van der Waals surface area (Å²) in [6.07, 6.45) is 1.77. The second-order valence-corrected chi connectivity index (χ2v) is 6.70. The van der Waals surface area contributed by atoms with E-state index in [-0.39, 0.29) is 11.5 Å². The van der Waals surface area contributed by atoms with Crippen molar-refractivity contribution in [2.75, 3.05) is 46.4 Å². The van der Waals surface area contributed by atoms with Gasteiger partial charge in [0, 0.05) is 31.7 Å². The smallest absolute Gasteiger partial charge is 0.0547 e. The van der Waals surface area contributed by atoms with Gasteiger partial charge >= 0.3 is 0 Å². The van der Waals surface area contributed by atoms with Crippen LogP contribution in [0.3, 0.4) is 0 Å². The maximum absolute atomic E-state index is 9.37. The maximum Gasteiger partial charge on any atom is 0.0547 e. The van der Waals surface area contributed by atoms with Crippen molar-refractivity contribution >= 4 is 0 Å². The molecule has 19 heavy (non-hydrogen) atoms. The molecule has 0 amide bonds. The molecule has 0 aromatic carbocycles. The van der Waals surface area contributed by atoms with Crippen LogP contribution in [0.15, 0.2) is 0 Å². The first kappa shape index (κ1) is 16.9. The quantitative estimate of drug-likeness (QED) is 0.665. The Kier molecular flexibility index (Phi) is 7.29. The summed E-state index contributed by atoms with van der Waals surface area (Å²) in [4.78, 5) is 2.33. The van der Waals surface area contributed by atoms with E-state index in [0.29, 0.717) is 5.92 Å². The highest BCUT2D eigenvalue weighted by Crippen LogP contribution is 2.29. The number of ether oxygens (including phenoxy) is 1. The summed E-state index contributed by atoms with van der Waals surface area (Å²) < 4.78 is 5.63. The molecule has 1 saturated heterocycles. The second kappa shape index (κ2) is 8.20. The largest absolute Gasteiger partial charge is 0.393 e. The number of aliphatic hydroxyl groups excluding tert-OH is 1. The molecule has 1 aliphatic heterocycles. The molecule has 0 saturated carbocycles. The first-order valence-electron chi connectivity index (χ1n) is 7.59. The summed E-state index contributed by atoms with van der Waals surface area (Å²) in [6.45, 7) is 12.2. The topological polar surface area (TPSA) is 44.7 Å². The number of nitrogens with one attached hydrogen (secondary N) is 1. The van der Waals surface area contributed by atoms with Gasteiger partial charge in [-0.1, -0.05) is 13.8 Å². The number of nitrogens with zero attached hydrogens (tertiary/aromatic N) is 1. The molecule has 2 N–H and O–H groups in total.